The monoisotopic (exact) mass is 300 g/mol. The molecule has 0 aliphatic rings. The first-order valence-corrected chi connectivity index (χ1v) is 6.89. The Morgan fingerprint density at radius 2 is 2.19 bits per heavy atom. The van der Waals surface area contributed by atoms with Crippen molar-refractivity contribution < 1.29 is 9.13 Å². The molecule has 7 heteroatoms. The first-order valence-electron chi connectivity index (χ1n) is 6.02. The molecule has 0 unspecified atom stereocenters. The summed E-state index contributed by atoms with van der Waals surface area (Å²) >= 11 is 1.44. The van der Waals surface area contributed by atoms with Crippen LogP contribution in [0.4, 0.5) is 10.3 Å². The van der Waals surface area contributed by atoms with E-state index in [0.29, 0.717) is 11.3 Å². The lowest BCUT2D eigenvalue weighted by Crippen LogP contribution is -1.99. The number of hydrogen-bond donors (Lipinski definition) is 1. The number of aromatic nitrogens is 2. The third-order valence-electron chi connectivity index (χ3n) is 2.78. The quantitative estimate of drug-likeness (QED) is 0.801. The molecule has 0 saturated carbocycles. The molecule has 3 aromatic rings. The highest BCUT2D eigenvalue weighted by Crippen LogP contribution is 2.32. The maximum Gasteiger partial charge on any atom is 0.233 e. The van der Waals surface area contributed by atoms with Crippen LogP contribution in [0.1, 0.15) is 5.56 Å². The third-order valence-corrected chi connectivity index (χ3v) is 3.59. The Morgan fingerprint density at radius 3 is 2.90 bits per heavy atom. The van der Waals surface area contributed by atoms with E-state index in [9.17, 15) is 4.39 Å². The van der Waals surface area contributed by atoms with Gasteiger partial charge in [0.1, 0.15) is 4.83 Å². The summed E-state index contributed by atoms with van der Waals surface area (Å²) in [5.74, 6) is 0.0764. The second kappa shape index (κ2) is 5.34. The second-order valence-corrected chi connectivity index (χ2v) is 5.00. The highest BCUT2D eigenvalue weighted by molar-refractivity contribution is 7.16. The zero-order valence-electron chi connectivity index (χ0n) is 10.9. The fourth-order valence-electron chi connectivity index (χ4n) is 1.78. The molecule has 1 N–H and O–H groups in total. The number of anilines is 1. The second-order valence-electron chi connectivity index (χ2n) is 4.10. The van der Waals surface area contributed by atoms with Gasteiger partial charge in [-0.1, -0.05) is 0 Å². The molecule has 0 atom stereocenters. The summed E-state index contributed by atoms with van der Waals surface area (Å²) in [7, 11) is 1.70. The van der Waals surface area contributed by atoms with Crippen LogP contribution in [0.15, 0.2) is 29.6 Å². The zero-order chi connectivity index (χ0) is 14.8. The Balaban J connectivity index is 2.05. The first kappa shape index (κ1) is 13.3. The fraction of sp³-hybridized carbons (Fsp3) is 0.0714. The van der Waals surface area contributed by atoms with E-state index in [-0.39, 0.29) is 17.2 Å². The molecule has 1 aromatic carbocycles. The fourth-order valence-corrected chi connectivity index (χ4v) is 2.53. The number of nitriles is 1. The van der Waals surface area contributed by atoms with Crippen molar-refractivity contribution in [3.05, 3.63) is 41.0 Å². The minimum absolute atomic E-state index is 0.0160. The van der Waals surface area contributed by atoms with Crippen LogP contribution in [-0.4, -0.2) is 17.0 Å². The van der Waals surface area contributed by atoms with E-state index in [0.717, 1.165) is 10.9 Å². The van der Waals surface area contributed by atoms with E-state index in [4.69, 9.17) is 10.00 Å². The van der Waals surface area contributed by atoms with Crippen LogP contribution in [0.3, 0.4) is 0 Å². The van der Waals surface area contributed by atoms with Crippen molar-refractivity contribution in [3.63, 3.8) is 0 Å². The van der Waals surface area contributed by atoms with Crippen molar-refractivity contribution in [2.45, 2.75) is 0 Å². The molecule has 5 nitrogen and oxygen atoms in total. The van der Waals surface area contributed by atoms with Crippen LogP contribution < -0.4 is 10.1 Å². The first-order chi connectivity index (χ1) is 10.2. The maximum atomic E-state index is 13.9. The number of thiophene rings is 1. The number of halogens is 1. The average molecular weight is 300 g/mol. The van der Waals surface area contributed by atoms with Crippen LogP contribution in [-0.2, 0) is 0 Å². The predicted octanol–water partition coefficient (Wildman–Crippen LogP) is 3.54. The minimum atomic E-state index is -0.609. The van der Waals surface area contributed by atoms with Crippen LogP contribution in [0, 0.1) is 17.1 Å². The standard InChI is InChI=1S/C14H9FN4OS/c1-17-14-18-12(9-4-5-21-13(9)19-14)20-11-3-2-8(7-16)6-10(11)15/h2-6H,1H3,(H,17,18,19). The van der Waals surface area contributed by atoms with Crippen LogP contribution in [0.2, 0.25) is 0 Å². The highest BCUT2D eigenvalue weighted by Gasteiger charge is 2.13. The minimum Gasteiger partial charge on any atom is -0.435 e. The SMILES string of the molecule is CNc1nc(Oc2ccc(C#N)cc2F)c2ccsc2n1. The lowest BCUT2D eigenvalue weighted by molar-refractivity contribution is 0.432. The van der Waals surface area contributed by atoms with E-state index in [2.05, 4.69) is 15.3 Å². The molecule has 2 heterocycles. The third kappa shape index (κ3) is 2.49. The molecule has 0 saturated heterocycles. The number of rotatable bonds is 3. The Hall–Kier alpha value is -2.72. The van der Waals surface area contributed by atoms with Gasteiger partial charge in [-0.3, -0.25) is 0 Å². The van der Waals surface area contributed by atoms with Crippen molar-refractivity contribution in [1.82, 2.24) is 9.97 Å². The van der Waals surface area contributed by atoms with E-state index in [1.165, 1.54) is 23.5 Å². The topological polar surface area (TPSA) is 70.8 Å². The van der Waals surface area contributed by atoms with Gasteiger partial charge in [0.05, 0.1) is 17.0 Å². The largest absolute Gasteiger partial charge is 0.435 e. The van der Waals surface area contributed by atoms with Crippen molar-refractivity contribution in [2.24, 2.45) is 0 Å². The molecule has 0 fully saturated rings. The normalized spacial score (nSPS) is 10.3. The van der Waals surface area contributed by atoms with Gasteiger partial charge >= 0.3 is 0 Å². The zero-order valence-corrected chi connectivity index (χ0v) is 11.7. The Bertz CT molecular complexity index is 856. The molecule has 0 aliphatic carbocycles. The number of hydrogen-bond acceptors (Lipinski definition) is 6. The number of nitrogens with one attached hydrogen (secondary N) is 1. The van der Waals surface area contributed by atoms with Gasteiger partial charge in [-0.05, 0) is 29.6 Å². The van der Waals surface area contributed by atoms with Crippen LogP contribution in [0.5, 0.6) is 11.6 Å². The summed E-state index contributed by atoms with van der Waals surface area (Å²) in [5, 5.41) is 14.1. The molecular weight excluding hydrogens is 291 g/mol. The van der Waals surface area contributed by atoms with Crippen LogP contribution >= 0.6 is 11.3 Å². The summed E-state index contributed by atoms with van der Waals surface area (Å²) < 4.78 is 19.5. The van der Waals surface area contributed by atoms with E-state index >= 15 is 0 Å². The summed E-state index contributed by atoms with van der Waals surface area (Å²) in [4.78, 5) is 9.23. The van der Waals surface area contributed by atoms with Gasteiger partial charge in [-0.15, -0.1) is 11.3 Å². The predicted molar refractivity (Wildman–Crippen MR) is 78.2 cm³/mol. The molecule has 0 aliphatic heterocycles. The van der Waals surface area contributed by atoms with Gasteiger partial charge in [0, 0.05) is 7.05 Å². The molecule has 0 spiro atoms. The number of ether oxygens (including phenoxy) is 1. The average Bonchev–Trinajstić information content (AvgIpc) is 2.97. The number of benzene rings is 1. The van der Waals surface area contributed by atoms with Gasteiger partial charge in [0.25, 0.3) is 0 Å². The van der Waals surface area contributed by atoms with Gasteiger partial charge < -0.3 is 10.1 Å². The lowest BCUT2D eigenvalue weighted by atomic mass is 10.2. The van der Waals surface area contributed by atoms with Gasteiger partial charge in [0.15, 0.2) is 11.6 Å². The number of nitrogens with zero attached hydrogens (tertiary/aromatic N) is 3. The van der Waals surface area contributed by atoms with Gasteiger partial charge in [0.2, 0.25) is 11.8 Å². The Labute approximate surface area is 123 Å². The summed E-state index contributed by atoms with van der Waals surface area (Å²) in [6, 6.07) is 7.71. The Morgan fingerprint density at radius 1 is 1.33 bits per heavy atom. The van der Waals surface area contributed by atoms with Crippen molar-refractivity contribution in [3.8, 4) is 17.7 Å². The van der Waals surface area contributed by atoms with E-state index in [1.807, 2.05) is 17.5 Å². The van der Waals surface area contributed by atoms with Gasteiger partial charge in [-0.25, -0.2) is 9.37 Å². The molecule has 104 valence electrons. The van der Waals surface area contributed by atoms with Crippen molar-refractivity contribution >= 4 is 27.5 Å². The summed E-state index contributed by atoms with van der Waals surface area (Å²) in [6.45, 7) is 0. The molecule has 3 rings (SSSR count). The van der Waals surface area contributed by atoms with Crippen LogP contribution in [0.25, 0.3) is 10.2 Å². The molecule has 0 amide bonds. The van der Waals surface area contributed by atoms with E-state index in [1.54, 1.807) is 7.05 Å². The van der Waals surface area contributed by atoms with Crippen molar-refractivity contribution in [1.29, 1.82) is 5.26 Å². The van der Waals surface area contributed by atoms with Crippen molar-refractivity contribution in [2.75, 3.05) is 12.4 Å². The molecule has 21 heavy (non-hydrogen) atoms. The summed E-state index contributed by atoms with van der Waals surface area (Å²) in [6.07, 6.45) is 0. The van der Waals surface area contributed by atoms with Gasteiger partial charge in [-0.2, -0.15) is 10.2 Å². The molecule has 2 aromatic heterocycles. The lowest BCUT2D eigenvalue weighted by Gasteiger charge is -2.08. The molecular formula is C14H9FN4OS. The van der Waals surface area contributed by atoms with E-state index < -0.39 is 5.82 Å². The molecule has 0 bridgehead atoms. The highest BCUT2D eigenvalue weighted by atomic mass is 32.1. The Kier molecular flexibility index (Phi) is 3.38. The molecule has 0 radical (unpaired) electrons. The summed E-state index contributed by atoms with van der Waals surface area (Å²) in [5.41, 5.74) is 0.235. The number of fused-ring (bicyclic) bond motifs is 1. The maximum absolute atomic E-state index is 13.9. The smallest absolute Gasteiger partial charge is 0.233 e.